The van der Waals surface area contributed by atoms with Crippen LogP contribution < -0.4 is 0 Å². The van der Waals surface area contributed by atoms with Crippen molar-refractivity contribution in [2.45, 2.75) is 44.6 Å². The minimum absolute atomic E-state index is 0.228. The average Bonchev–Trinajstić information content (AvgIpc) is 2.53. The number of rotatable bonds is 3. The third kappa shape index (κ3) is 2.10. The van der Waals surface area contributed by atoms with E-state index in [1.165, 1.54) is 12.0 Å². The molecular formula is C12H19NO5. The molecule has 0 aliphatic carbocycles. The van der Waals surface area contributed by atoms with Gasteiger partial charge >= 0.3 is 5.97 Å². The van der Waals surface area contributed by atoms with E-state index >= 15 is 0 Å². The standard InChI is InChI=1S/C12H19NO5/c1-3-17-11(15)9-10(14)13-8-6-4-5-7-12(13,16-2)18-9/h9H,3-8H2,1-2H3. The topological polar surface area (TPSA) is 65.1 Å². The second-order valence-corrected chi connectivity index (χ2v) is 4.47. The molecule has 6 heteroatoms. The van der Waals surface area contributed by atoms with Crippen LogP contribution in [0.2, 0.25) is 0 Å². The lowest BCUT2D eigenvalue weighted by atomic mass is 10.2. The van der Waals surface area contributed by atoms with Gasteiger partial charge in [-0.3, -0.25) is 9.69 Å². The Balaban J connectivity index is 2.20. The van der Waals surface area contributed by atoms with Gasteiger partial charge in [-0.2, -0.15) is 0 Å². The fourth-order valence-electron chi connectivity index (χ4n) is 2.50. The number of ether oxygens (including phenoxy) is 3. The van der Waals surface area contributed by atoms with Crippen molar-refractivity contribution in [2.75, 3.05) is 20.3 Å². The van der Waals surface area contributed by atoms with Gasteiger partial charge in [-0.05, 0) is 19.8 Å². The molecule has 2 saturated heterocycles. The summed E-state index contributed by atoms with van der Waals surface area (Å²) in [6.07, 6.45) is 2.25. The highest BCUT2D eigenvalue weighted by Gasteiger charge is 2.56. The molecule has 1 amide bonds. The van der Waals surface area contributed by atoms with Crippen molar-refractivity contribution in [1.29, 1.82) is 0 Å². The lowest BCUT2D eigenvalue weighted by Crippen LogP contribution is -2.47. The number of methoxy groups -OCH3 is 1. The van der Waals surface area contributed by atoms with Crippen LogP contribution in [-0.2, 0) is 23.8 Å². The number of esters is 1. The normalized spacial score (nSPS) is 32.0. The molecule has 0 aromatic heterocycles. The fraction of sp³-hybridized carbons (Fsp3) is 0.833. The minimum Gasteiger partial charge on any atom is -0.464 e. The van der Waals surface area contributed by atoms with Gasteiger partial charge in [0.2, 0.25) is 6.10 Å². The molecule has 2 aliphatic rings. The number of amides is 1. The van der Waals surface area contributed by atoms with Crippen LogP contribution in [0, 0.1) is 0 Å². The van der Waals surface area contributed by atoms with Crippen LogP contribution >= 0.6 is 0 Å². The summed E-state index contributed by atoms with van der Waals surface area (Å²) in [6, 6.07) is 0. The van der Waals surface area contributed by atoms with Gasteiger partial charge in [0, 0.05) is 20.1 Å². The Morgan fingerprint density at radius 3 is 2.94 bits per heavy atom. The third-order valence-corrected chi connectivity index (χ3v) is 3.40. The molecule has 2 aliphatic heterocycles. The smallest absolute Gasteiger partial charge is 0.345 e. The van der Waals surface area contributed by atoms with Gasteiger partial charge in [-0.1, -0.05) is 6.42 Å². The second-order valence-electron chi connectivity index (χ2n) is 4.47. The molecule has 0 N–H and O–H groups in total. The first kappa shape index (κ1) is 13.3. The van der Waals surface area contributed by atoms with E-state index in [4.69, 9.17) is 14.2 Å². The Labute approximate surface area is 106 Å². The summed E-state index contributed by atoms with van der Waals surface area (Å²) in [5.41, 5.74) is 0. The summed E-state index contributed by atoms with van der Waals surface area (Å²) in [4.78, 5) is 25.4. The van der Waals surface area contributed by atoms with E-state index < -0.39 is 18.0 Å². The van der Waals surface area contributed by atoms with Gasteiger partial charge in [-0.15, -0.1) is 0 Å². The molecule has 0 spiro atoms. The molecule has 2 atom stereocenters. The van der Waals surface area contributed by atoms with Crippen molar-refractivity contribution in [3.8, 4) is 0 Å². The highest BCUT2D eigenvalue weighted by molar-refractivity contribution is 6.02. The van der Waals surface area contributed by atoms with Crippen molar-refractivity contribution in [2.24, 2.45) is 0 Å². The SMILES string of the molecule is CCOC(=O)C1OC2(OC)CCCCCN2C1=O. The van der Waals surface area contributed by atoms with Crippen LogP contribution in [0.5, 0.6) is 0 Å². The lowest BCUT2D eigenvalue weighted by Gasteiger charge is -2.33. The molecule has 2 rings (SSSR count). The molecule has 0 radical (unpaired) electrons. The monoisotopic (exact) mass is 257 g/mol. The quantitative estimate of drug-likeness (QED) is 0.548. The van der Waals surface area contributed by atoms with Crippen LogP contribution in [0.25, 0.3) is 0 Å². The van der Waals surface area contributed by atoms with E-state index in [9.17, 15) is 9.59 Å². The number of carbonyl (C=O) groups excluding carboxylic acids is 2. The Morgan fingerprint density at radius 2 is 2.28 bits per heavy atom. The second kappa shape index (κ2) is 5.24. The third-order valence-electron chi connectivity index (χ3n) is 3.40. The van der Waals surface area contributed by atoms with E-state index in [-0.39, 0.29) is 12.5 Å². The van der Waals surface area contributed by atoms with Crippen molar-refractivity contribution in [1.82, 2.24) is 4.90 Å². The van der Waals surface area contributed by atoms with E-state index in [1.54, 1.807) is 6.92 Å². The van der Waals surface area contributed by atoms with Gasteiger partial charge < -0.3 is 14.2 Å². The largest absolute Gasteiger partial charge is 0.464 e. The van der Waals surface area contributed by atoms with Gasteiger partial charge in [0.05, 0.1) is 6.61 Å². The van der Waals surface area contributed by atoms with Crippen LogP contribution in [0.3, 0.4) is 0 Å². The fourth-order valence-corrected chi connectivity index (χ4v) is 2.50. The number of hydrogen-bond acceptors (Lipinski definition) is 5. The van der Waals surface area contributed by atoms with Crippen LogP contribution in [0.4, 0.5) is 0 Å². The van der Waals surface area contributed by atoms with Crippen LogP contribution in [0.15, 0.2) is 0 Å². The van der Waals surface area contributed by atoms with E-state index in [0.717, 1.165) is 19.3 Å². The Bertz CT molecular complexity index is 345. The molecule has 102 valence electrons. The Hall–Kier alpha value is -1.14. The summed E-state index contributed by atoms with van der Waals surface area (Å²) in [6.45, 7) is 2.48. The summed E-state index contributed by atoms with van der Waals surface area (Å²) in [7, 11) is 1.50. The highest BCUT2D eigenvalue weighted by atomic mass is 16.7. The maximum Gasteiger partial charge on any atom is 0.345 e. The average molecular weight is 257 g/mol. The molecule has 0 aromatic carbocycles. The first-order valence-electron chi connectivity index (χ1n) is 6.35. The summed E-state index contributed by atoms with van der Waals surface area (Å²) >= 11 is 0. The van der Waals surface area contributed by atoms with E-state index in [0.29, 0.717) is 13.0 Å². The zero-order valence-electron chi connectivity index (χ0n) is 10.8. The highest BCUT2D eigenvalue weighted by Crippen LogP contribution is 2.36. The van der Waals surface area contributed by atoms with Gasteiger partial charge in [0.15, 0.2) is 0 Å². The van der Waals surface area contributed by atoms with Crippen molar-refractivity contribution >= 4 is 11.9 Å². The zero-order chi connectivity index (χ0) is 13.2. The van der Waals surface area contributed by atoms with E-state index in [1.807, 2.05) is 0 Å². The number of fused-ring (bicyclic) bond motifs is 1. The molecular weight excluding hydrogens is 238 g/mol. The lowest BCUT2D eigenvalue weighted by molar-refractivity contribution is -0.273. The number of hydrogen-bond donors (Lipinski definition) is 0. The molecule has 0 bridgehead atoms. The van der Waals surface area contributed by atoms with Crippen molar-refractivity contribution in [3.63, 3.8) is 0 Å². The predicted molar refractivity (Wildman–Crippen MR) is 61.4 cm³/mol. The van der Waals surface area contributed by atoms with Gasteiger partial charge in [0.1, 0.15) is 0 Å². The van der Waals surface area contributed by atoms with E-state index in [2.05, 4.69) is 0 Å². The number of carbonyl (C=O) groups is 2. The molecule has 18 heavy (non-hydrogen) atoms. The summed E-state index contributed by atoms with van der Waals surface area (Å²) in [5, 5.41) is 0. The molecule has 2 fully saturated rings. The van der Waals surface area contributed by atoms with Crippen LogP contribution in [0.1, 0.15) is 32.6 Å². The van der Waals surface area contributed by atoms with Gasteiger partial charge in [-0.25, -0.2) is 4.79 Å². The summed E-state index contributed by atoms with van der Waals surface area (Å²) < 4.78 is 15.8. The summed E-state index contributed by atoms with van der Waals surface area (Å²) in [5.74, 6) is -2.06. The molecule has 2 unspecified atom stereocenters. The molecule has 2 heterocycles. The van der Waals surface area contributed by atoms with Crippen molar-refractivity contribution in [3.05, 3.63) is 0 Å². The first-order chi connectivity index (χ1) is 8.64. The Kier molecular flexibility index (Phi) is 3.87. The molecule has 0 aromatic rings. The predicted octanol–water partition coefficient (Wildman–Crippen LogP) is 0.651. The zero-order valence-corrected chi connectivity index (χ0v) is 10.8. The van der Waals surface area contributed by atoms with Gasteiger partial charge in [0.25, 0.3) is 11.8 Å². The first-order valence-corrected chi connectivity index (χ1v) is 6.35. The molecule has 6 nitrogen and oxygen atoms in total. The maximum atomic E-state index is 12.2. The molecule has 0 saturated carbocycles. The Morgan fingerprint density at radius 1 is 1.50 bits per heavy atom. The maximum absolute atomic E-state index is 12.2. The number of nitrogens with zero attached hydrogens (tertiary/aromatic N) is 1. The van der Waals surface area contributed by atoms with Crippen LogP contribution in [-0.4, -0.2) is 49.1 Å². The van der Waals surface area contributed by atoms with Crippen molar-refractivity contribution < 1.29 is 23.8 Å². The minimum atomic E-state index is -1.18.